The number of aliphatic hydroxyl groups excluding tert-OH is 1. The highest BCUT2D eigenvalue weighted by molar-refractivity contribution is 5.84. The van der Waals surface area contributed by atoms with Crippen molar-refractivity contribution in [3.8, 4) is 0 Å². The van der Waals surface area contributed by atoms with Crippen molar-refractivity contribution in [2.75, 3.05) is 34.2 Å². The van der Waals surface area contributed by atoms with Crippen molar-refractivity contribution < 1.29 is 9.90 Å². The molecule has 98 valence electrons. The van der Waals surface area contributed by atoms with Crippen LogP contribution < -0.4 is 5.32 Å². The van der Waals surface area contributed by atoms with Crippen molar-refractivity contribution in [1.29, 1.82) is 0 Å². The second-order valence-electron chi connectivity index (χ2n) is 4.75. The lowest BCUT2D eigenvalue weighted by molar-refractivity contribution is -0.117. The standard InChI is InChI=1S/C11H22N4O2/c1-8(16)7-9-10(17)13-11(12-9)15(4)6-5-14(2)3/h9-10,17H,5-7H2,1-4H3,(H,12,13). The lowest BCUT2D eigenvalue weighted by atomic mass is 10.1. The number of nitrogens with zero attached hydrogens (tertiary/aromatic N) is 3. The molecule has 1 aliphatic heterocycles. The third kappa shape index (κ3) is 4.32. The van der Waals surface area contributed by atoms with Crippen LogP contribution in [-0.4, -0.2) is 73.2 Å². The summed E-state index contributed by atoms with van der Waals surface area (Å²) in [5, 5.41) is 12.8. The summed E-state index contributed by atoms with van der Waals surface area (Å²) in [5.74, 6) is 0.708. The fourth-order valence-corrected chi connectivity index (χ4v) is 1.62. The number of likely N-dealkylation sites (N-methyl/N-ethyl adjacent to an activating group) is 2. The average Bonchev–Trinajstić information content (AvgIpc) is 2.56. The number of hydrogen-bond acceptors (Lipinski definition) is 6. The van der Waals surface area contributed by atoms with Gasteiger partial charge in [-0.15, -0.1) is 0 Å². The molecule has 0 aromatic carbocycles. The average molecular weight is 242 g/mol. The van der Waals surface area contributed by atoms with E-state index in [-0.39, 0.29) is 11.8 Å². The van der Waals surface area contributed by atoms with Crippen LogP contribution in [0.15, 0.2) is 4.99 Å². The third-order valence-corrected chi connectivity index (χ3v) is 2.68. The third-order valence-electron chi connectivity index (χ3n) is 2.68. The predicted octanol–water partition coefficient (Wildman–Crippen LogP) is -0.895. The van der Waals surface area contributed by atoms with Gasteiger partial charge in [-0.1, -0.05) is 0 Å². The van der Waals surface area contributed by atoms with Crippen LogP contribution in [0.25, 0.3) is 0 Å². The molecule has 17 heavy (non-hydrogen) atoms. The summed E-state index contributed by atoms with van der Waals surface area (Å²) < 4.78 is 0. The van der Waals surface area contributed by atoms with Crippen molar-refractivity contribution >= 4 is 11.7 Å². The molecule has 1 heterocycles. The molecule has 0 saturated carbocycles. The summed E-state index contributed by atoms with van der Waals surface area (Å²) in [4.78, 5) is 19.2. The Kier molecular flexibility index (Phi) is 4.89. The number of hydrogen-bond donors (Lipinski definition) is 2. The summed E-state index contributed by atoms with van der Waals surface area (Å²) in [6, 6.07) is -0.288. The Morgan fingerprint density at radius 2 is 2.06 bits per heavy atom. The van der Waals surface area contributed by atoms with Crippen LogP contribution >= 0.6 is 0 Å². The molecule has 0 saturated heterocycles. The number of aliphatic hydroxyl groups is 1. The first-order valence-electron chi connectivity index (χ1n) is 5.78. The second-order valence-corrected chi connectivity index (χ2v) is 4.75. The molecule has 1 rings (SSSR count). The Hall–Kier alpha value is -1.14. The minimum atomic E-state index is -0.823. The van der Waals surface area contributed by atoms with Crippen LogP contribution in [-0.2, 0) is 4.79 Å². The number of nitrogens with one attached hydrogen (secondary N) is 1. The molecule has 0 spiro atoms. The first-order valence-corrected chi connectivity index (χ1v) is 5.78. The number of aliphatic imine (C=N–C) groups is 1. The molecule has 0 bridgehead atoms. The molecule has 6 heteroatoms. The molecule has 0 aromatic heterocycles. The van der Waals surface area contributed by atoms with Crippen molar-refractivity contribution in [2.24, 2.45) is 4.99 Å². The Bertz CT molecular complexity index is 304. The maximum absolute atomic E-state index is 11.0. The molecule has 1 aliphatic rings. The van der Waals surface area contributed by atoms with E-state index >= 15 is 0 Å². The van der Waals surface area contributed by atoms with Gasteiger partial charge in [0.25, 0.3) is 0 Å². The van der Waals surface area contributed by atoms with Crippen LogP contribution in [0.3, 0.4) is 0 Å². The van der Waals surface area contributed by atoms with Crippen LogP contribution in [0.2, 0.25) is 0 Å². The molecular weight excluding hydrogens is 220 g/mol. The van der Waals surface area contributed by atoms with Crippen LogP contribution in [0.4, 0.5) is 0 Å². The zero-order valence-electron chi connectivity index (χ0n) is 11.0. The normalized spacial score (nSPS) is 23.5. The summed E-state index contributed by atoms with van der Waals surface area (Å²) in [6.45, 7) is 3.24. The lowest BCUT2D eigenvalue weighted by Gasteiger charge is -2.22. The van der Waals surface area contributed by atoms with Gasteiger partial charge < -0.3 is 20.2 Å². The fraction of sp³-hybridized carbons (Fsp3) is 0.818. The minimum absolute atomic E-state index is 0.0499. The molecule has 2 unspecified atom stereocenters. The van der Waals surface area contributed by atoms with Crippen molar-refractivity contribution in [3.05, 3.63) is 0 Å². The topological polar surface area (TPSA) is 68.2 Å². The Balaban J connectivity index is 2.45. The number of rotatable bonds is 5. The molecule has 6 nitrogen and oxygen atoms in total. The quantitative estimate of drug-likeness (QED) is 0.654. The molecule has 0 radical (unpaired) electrons. The molecule has 2 atom stereocenters. The fourth-order valence-electron chi connectivity index (χ4n) is 1.62. The highest BCUT2D eigenvalue weighted by atomic mass is 16.3. The Labute approximate surface area is 102 Å². The molecular formula is C11H22N4O2. The number of carbonyl (C=O) groups excluding carboxylic acids is 1. The zero-order valence-corrected chi connectivity index (χ0v) is 11.0. The number of guanidine groups is 1. The van der Waals surface area contributed by atoms with E-state index < -0.39 is 6.23 Å². The lowest BCUT2D eigenvalue weighted by Crippen LogP contribution is -2.44. The SMILES string of the molecule is CC(=O)CC1NC(N(C)CCN(C)C)=NC1O. The van der Waals surface area contributed by atoms with Crippen LogP contribution in [0.5, 0.6) is 0 Å². The number of ketones is 1. The molecule has 2 N–H and O–H groups in total. The number of Topliss-reactive ketones (excluding diaryl/α,β-unsaturated/α-hetero) is 1. The van der Waals surface area contributed by atoms with Gasteiger partial charge in [0.1, 0.15) is 5.78 Å². The first kappa shape index (κ1) is 13.9. The zero-order chi connectivity index (χ0) is 13.0. The van der Waals surface area contributed by atoms with E-state index in [0.29, 0.717) is 12.4 Å². The van der Waals surface area contributed by atoms with Gasteiger partial charge >= 0.3 is 0 Å². The highest BCUT2D eigenvalue weighted by Gasteiger charge is 2.29. The van der Waals surface area contributed by atoms with Gasteiger partial charge in [-0.05, 0) is 21.0 Å². The Morgan fingerprint density at radius 3 is 2.59 bits per heavy atom. The van der Waals surface area contributed by atoms with Crippen molar-refractivity contribution in [3.63, 3.8) is 0 Å². The van der Waals surface area contributed by atoms with Gasteiger partial charge in [0.05, 0.1) is 6.04 Å². The van der Waals surface area contributed by atoms with E-state index in [9.17, 15) is 9.90 Å². The molecule has 0 aliphatic carbocycles. The molecule has 0 aromatic rings. The predicted molar refractivity (Wildman–Crippen MR) is 66.8 cm³/mol. The van der Waals surface area contributed by atoms with E-state index in [1.54, 1.807) is 0 Å². The van der Waals surface area contributed by atoms with Gasteiger partial charge in [0.2, 0.25) is 0 Å². The smallest absolute Gasteiger partial charge is 0.196 e. The maximum atomic E-state index is 11.0. The van der Waals surface area contributed by atoms with E-state index in [1.165, 1.54) is 6.92 Å². The second kappa shape index (κ2) is 5.97. The van der Waals surface area contributed by atoms with E-state index in [0.717, 1.165) is 13.1 Å². The van der Waals surface area contributed by atoms with E-state index in [1.807, 2.05) is 26.0 Å². The van der Waals surface area contributed by atoms with Gasteiger partial charge in [-0.2, -0.15) is 0 Å². The number of carbonyl (C=O) groups is 1. The van der Waals surface area contributed by atoms with Gasteiger partial charge in [-0.25, -0.2) is 4.99 Å². The first-order chi connectivity index (χ1) is 7.90. The maximum Gasteiger partial charge on any atom is 0.196 e. The molecule has 0 amide bonds. The summed E-state index contributed by atoms with van der Waals surface area (Å²) >= 11 is 0. The van der Waals surface area contributed by atoms with Crippen LogP contribution in [0.1, 0.15) is 13.3 Å². The Morgan fingerprint density at radius 1 is 1.41 bits per heavy atom. The monoisotopic (exact) mass is 242 g/mol. The van der Waals surface area contributed by atoms with Gasteiger partial charge in [0, 0.05) is 26.6 Å². The summed E-state index contributed by atoms with van der Waals surface area (Å²) in [7, 11) is 5.93. The van der Waals surface area contributed by atoms with Crippen molar-refractivity contribution in [2.45, 2.75) is 25.6 Å². The largest absolute Gasteiger partial charge is 0.370 e. The van der Waals surface area contributed by atoms with E-state index in [2.05, 4.69) is 15.2 Å². The van der Waals surface area contributed by atoms with Gasteiger partial charge in [0.15, 0.2) is 12.2 Å². The molecule has 0 fully saturated rings. The summed E-state index contributed by atoms with van der Waals surface area (Å²) in [6.07, 6.45) is -0.522. The van der Waals surface area contributed by atoms with E-state index in [4.69, 9.17) is 0 Å². The summed E-state index contributed by atoms with van der Waals surface area (Å²) in [5.41, 5.74) is 0. The minimum Gasteiger partial charge on any atom is -0.370 e. The highest BCUT2D eigenvalue weighted by Crippen LogP contribution is 2.10. The van der Waals surface area contributed by atoms with Gasteiger partial charge in [-0.3, -0.25) is 4.79 Å². The van der Waals surface area contributed by atoms with Crippen molar-refractivity contribution in [1.82, 2.24) is 15.1 Å². The van der Waals surface area contributed by atoms with Crippen LogP contribution in [0, 0.1) is 0 Å².